The quantitative estimate of drug-likeness (QED) is 0.350. The first-order valence-electron chi connectivity index (χ1n) is 9.48. The number of para-hydroxylation sites is 2. The van der Waals surface area contributed by atoms with Crippen molar-refractivity contribution in [1.29, 1.82) is 0 Å². The number of ether oxygens (including phenoxy) is 1. The molecule has 2 heterocycles. The first-order valence-corrected chi connectivity index (χ1v) is 10.3. The van der Waals surface area contributed by atoms with Crippen LogP contribution in [0.2, 0.25) is 0 Å². The molecule has 5 rings (SSSR count). The SMILES string of the molecule is COc1ccc(C(=O)n2c(-c3cn(C)c4ccc(Br)cc34)nc3ccccc32)cc1. The van der Waals surface area contributed by atoms with Crippen LogP contribution in [0, 0.1) is 0 Å². The van der Waals surface area contributed by atoms with Gasteiger partial charge in [0.15, 0.2) is 0 Å². The summed E-state index contributed by atoms with van der Waals surface area (Å²) in [4.78, 5) is 18.4. The predicted octanol–water partition coefficient (Wildman–Crippen LogP) is 5.65. The molecule has 0 saturated heterocycles. The molecule has 0 aliphatic heterocycles. The van der Waals surface area contributed by atoms with Crippen molar-refractivity contribution in [2.75, 3.05) is 7.11 Å². The Morgan fingerprint density at radius 1 is 1.00 bits per heavy atom. The molecule has 0 saturated carbocycles. The molecule has 0 aliphatic rings. The summed E-state index contributed by atoms with van der Waals surface area (Å²) < 4.78 is 9.96. The molecule has 6 heteroatoms. The van der Waals surface area contributed by atoms with E-state index < -0.39 is 0 Å². The second kappa shape index (κ2) is 7.15. The molecule has 0 atom stereocenters. The van der Waals surface area contributed by atoms with Gasteiger partial charge in [-0.2, -0.15) is 0 Å². The number of nitrogens with zero attached hydrogens (tertiary/aromatic N) is 3. The van der Waals surface area contributed by atoms with E-state index in [4.69, 9.17) is 9.72 Å². The Morgan fingerprint density at radius 2 is 1.77 bits per heavy atom. The molecule has 0 unspecified atom stereocenters. The number of hydrogen-bond acceptors (Lipinski definition) is 3. The van der Waals surface area contributed by atoms with E-state index >= 15 is 0 Å². The number of carbonyl (C=O) groups is 1. The smallest absolute Gasteiger partial charge is 0.264 e. The number of fused-ring (bicyclic) bond motifs is 2. The third kappa shape index (κ3) is 2.92. The van der Waals surface area contributed by atoms with Gasteiger partial charge in [-0.3, -0.25) is 9.36 Å². The second-order valence-electron chi connectivity index (χ2n) is 7.11. The number of carbonyl (C=O) groups excluding carboxylic acids is 1. The van der Waals surface area contributed by atoms with Gasteiger partial charge >= 0.3 is 0 Å². The monoisotopic (exact) mass is 459 g/mol. The summed E-state index contributed by atoms with van der Waals surface area (Å²) in [5.41, 5.74) is 4.11. The number of rotatable bonds is 3. The highest BCUT2D eigenvalue weighted by Gasteiger charge is 2.22. The summed E-state index contributed by atoms with van der Waals surface area (Å²) in [5.74, 6) is 1.20. The van der Waals surface area contributed by atoms with E-state index in [-0.39, 0.29) is 5.91 Å². The van der Waals surface area contributed by atoms with Crippen molar-refractivity contribution in [3.05, 3.63) is 83.0 Å². The molecule has 0 radical (unpaired) electrons. The van der Waals surface area contributed by atoms with Crippen LogP contribution in [0.4, 0.5) is 0 Å². The van der Waals surface area contributed by atoms with Crippen molar-refractivity contribution < 1.29 is 9.53 Å². The Balaban J connectivity index is 1.78. The first-order chi connectivity index (χ1) is 14.6. The molecule has 2 aromatic heterocycles. The van der Waals surface area contributed by atoms with Gasteiger partial charge in [-0.1, -0.05) is 28.1 Å². The van der Waals surface area contributed by atoms with Crippen molar-refractivity contribution in [3.63, 3.8) is 0 Å². The topological polar surface area (TPSA) is 49.0 Å². The Labute approximate surface area is 181 Å². The number of hydrogen-bond donors (Lipinski definition) is 0. The molecule has 148 valence electrons. The fourth-order valence-electron chi connectivity index (χ4n) is 3.82. The zero-order valence-corrected chi connectivity index (χ0v) is 18.1. The highest BCUT2D eigenvalue weighted by molar-refractivity contribution is 9.10. The zero-order chi connectivity index (χ0) is 20.8. The molecule has 30 heavy (non-hydrogen) atoms. The van der Waals surface area contributed by atoms with Gasteiger partial charge in [0.1, 0.15) is 11.6 Å². The highest BCUT2D eigenvalue weighted by Crippen LogP contribution is 2.34. The Morgan fingerprint density at radius 3 is 2.53 bits per heavy atom. The molecule has 0 bridgehead atoms. The van der Waals surface area contributed by atoms with E-state index in [9.17, 15) is 4.79 Å². The molecule has 0 spiro atoms. The van der Waals surface area contributed by atoms with Gasteiger partial charge in [0.2, 0.25) is 0 Å². The summed E-state index contributed by atoms with van der Waals surface area (Å²) >= 11 is 3.57. The normalized spacial score (nSPS) is 11.3. The minimum absolute atomic E-state index is 0.131. The number of aromatic nitrogens is 3. The maximum absolute atomic E-state index is 13.6. The van der Waals surface area contributed by atoms with Gasteiger partial charge < -0.3 is 9.30 Å². The van der Waals surface area contributed by atoms with Crippen LogP contribution in [-0.4, -0.2) is 27.1 Å². The first kappa shape index (κ1) is 18.6. The van der Waals surface area contributed by atoms with Crippen LogP contribution in [0.25, 0.3) is 33.3 Å². The minimum Gasteiger partial charge on any atom is -0.497 e. The molecule has 5 nitrogen and oxygen atoms in total. The molecule has 5 aromatic rings. The van der Waals surface area contributed by atoms with Crippen molar-refractivity contribution >= 4 is 43.8 Å². The Bertz CT molecular complexity index is 1410. The van der Waals surface area contributed by atoms with E-state index in [0.29, 0.717) is 17.1 Å². The largest absolute Gasteiger partial charge is 0.497 e. The number of imidazole rings is 1. The standard InChI is InChI=1S/C24H18BrN3O2/c1-27-14-19(18-13-16(25)9-12-21(18)27)23-26-20-5-3-4-6-22(20)28(23)24(29)15-7-10-17(30-2)11-8-15/h3-14H,1-2H3. The third-order valence-corrected chi connectivity index (χ3v) is 5.79. The van der Waals surface area contributed by atoms with Gasteiger partial charge in [0.05, 0.1) is 18.1 Å². The van der Waals surface area contributed by atoms with Gasteiger partial charge in [-0.25, -0.2) is 4.98 Å². The lowest BCUT2D eigenvalue weighted by molar-refractivity contribution is 0.0966. The van der Waals surface area contributed by atoms with Crippen LogP contribution >= 0.6 is 15.9 Å². The fraction of sp³-hybridized carbons (Fsp3) is 0.0833. The van der Waals surface area contributed by atoms with E-state index in [1.165, 1.54) is 0 Å². The Kier molecular flexibility index (Phi) is 4.44. The van der Waals surface area contributed by atoms with Gasteiger partial charge in [-0.05, 0) is 54.6 Å². The highest BCUT2D eigenvalue weighted by atomic mass is 79.9. The summed E-state index contributed by atoms with van der Waals surface area (Å²) in [6.45, 7) is 0. The van der Waals surface area contributed by atoms with Crippen molar-refractivity contribution in [2.45, 2.75) is 0 Å². The minimum atomic E-state index is -0.131. The van der Waals surface area contributed by atoms with Crippen LogP contribution in [0.1, 0.15) is 10.4 Å². The summed E-state index contributed by atoms with van der Waals surface area (Å²) in [7, 11) is 3.61. The van der Waals surface area contributed by atoms with E-state index in [0.717, 1.165) is 32.0 Å². The van der Waals surface area contributed by atoms with Gasteiger partial charge in [0.25, 0.3) is 5.91 Å². The van der Waals surface area contributed by atoms with Crippen molar-refractivity contribution in [1.82, 2.24) is 14.1 Å². The van der Waals surface area contributed by atoms with Crippen LogP contribution in [0.15, 0.2) is 77.4 Å². The van der Waals surface area contributed by atoms with E-state index in [1.807, 2.05) is 43.6 Å². The lowest BCUT2D eigenvalue weighted by Gasteiger charge is -2.08. The molecule has 0 amide bonds. The predicted molar refractivity (Wildman–Crippen MR) is 122 cm³/mol. The van der Waals surface area contributed by atoms with E-state index in [2.05, 4.69) is 32.6 Å². The van der Waals surface area contributed by atoms with Crippen LogP contribution in [0.3, 0.4) is 0 Å². The van der Waals surface area contributed by atoms with Crippen LogP contribution in [0.5, 0.6) is 5.75 Å². The number of benzene rings is 3. The number of aryl methyl sites for hydroxylation is 1. The molecular formula is C24H18BrN3O2. The summed E-state index contributed by atoms with van der Waals surface area (Å²) in [5, 5.41) is 1.03. The molecule has 0 aliphatic carbocycles. The molecule has 3 aromatic carbocycles. The van der Waals surface area contributed by atoms with Crippen LogP contribution < -0.4 is 4.74 Å². The average molecular weight is 460 g/mol. The van der Waals surface area contributed by atoms with Crippen LogP contribution in [-0.2, 0) is 7.05 Å². The Hall–Kier alpha value is -3.38. The average Bonchev–Trinajstić information content (AvgIpc) is 3.30. The lowest BCUT2D eigenvalue weighted by atomic mass is 10.1. The molecule has 0 fully saturated rings. The maximum Gasteiger partial charge on any atom is 0.264 e. The second-order valence-corrected chi connectivity index (χ2v) is 8.02. The summed E-state index contributed by atoms with van der Waals surface area (Å²) in [6, 6.07) is 21.0. The van der Waals surface area contributed by atoms with Gasteiger partial charge in [-0.15, -0.1) is 0 Å². The van der Waals surface area contributed by atoms with E-state index in [1.54, 1.807) is 35.9 Å². The fourth-order valence-corrected chi connectivity index (χ4v) is 4.18. The third-order valence-electron chi connectivity index (χ3n) is 5.29. The number of methoxy groups -OCH3 is 1. The molecular weight excluding hydrogens is 442 g/mol. The number of halogens is 1. The summed E-state index contributed by atoms with van der Waals surface area (Å²) in [6.07, 6.45) is 2.02. The maximum atomic E-state index is 13.6. The molecule has 0 N–H and O–H groups in total. The zero-order valence-electron chi connectivity index (χ0n) is 16.5. The van der Waals surface area contributed by atoms with Crippen molar-refractivity contribution in [3.8, 4) is 17.1 Å². The van der Waals surface area contributed by atoms with Crippen molar-refractivity contribution in [2.24, 2.45) is 7.05 Å². The van der Waals surface area contributed by atoms with Gasteiger partial charge in [0, 0.05) is 39.7 Å². The lowest BCUT2D eigenvalue weighted by Crippen LogP contribution is -2.13.